The summed E-state index contributed by atoms with van der Waals surface area (Å²) in [6, 6.07) is 11.3. The van der Waals surface area contributed by atoms with Crippen molar-refractivity contribution in [3.8, 4) is 0 Å². The van der Waals surface area contributed by atoms with Crippen LogP contribution in [0.3, 0.4) is 0 Å². The molecule has 0 saturated heterocycles. The molecule has 10 heteroatoms. The fourth-order valence-corrected chi connectivity index (χ4v) is 3.48. The molecule has 0 saturated carbocycles. The van der Waals surface area contributed by atoms with Crippen molar-refractivity contribution in [3.63, 3.8) is 0 Å². The molecule has 0 bridgehead atoms. The van der Waals surface area contributed by atoms with Crippen LogP contribution in [0.25, 0.3) is 6.08 Å². The van der Waals surface area contributed by atoms with Crippen molar-refractivity contribution in [2.24, 2.45) is 5.10 Å². The van der Waals surface area contributed by atoms with Crippen molar-refractivity contribution in [2.45, 2.75) is 0 Å². The lowest BCUT2D eigenvalue weighted by molar-refractivity contribution is -0.422. The Morgan fingerprint density at radius 3 is 2.37 bits per heavy atom. The number of rotatable bonds is 7. The van der Waals surface area contributed by atoms with E-state index in [1.807, 2.05) is 47.2 Å². The van der Waals surface area contributed by atoms with Crippen LogP contribution in [0.5, 0.6) is 0 Å². The van der Waals surface area contributed by atoms with Gasteiger partial charge in [-0.15, -0.1) is 22.7 Å². The maximum Gasteiger partial charge on any atom is 0.348 e. The Morgan fingerprint density at radius 2 is 1.74 bits per heavy atom. The fourth-order valence-electron chi connectivity index (χ4n) is 2.16. The van der Waals surface area contributed by atoms with E-state index in [1.165, 1.54) is 17.4 Å². The van der Waals surface area contributed by atoms with E-state index >= 15 is 0 Å². The van der Waals surface area contributed by atoms with Crippen LogP contribution in [0.2, 0.25) is 0 Å². The topological polar surface area (TPSA) is 111 Å². The third-order valence-electron chi connectivity index (χ3n) is 3.40. The number of benzene rings is 1. The zero-order valence-corrected chi connectivity index (χ0v) is 15.3. The second-order valence-corrected chi connectivity index (χ2v) is 7.08. The molecule has 2 aromatic heterocycles. The predicted octanol–water partition coefficient (Wildman–Crippen LogP) is 5.16. The molecule has 8 nitrogen and oxygen atoms in total. The monoisotopic (exact) mass is 400 g/mol. The molecule has 0 aliphatic carbocycles. The molecule has 136 valence electrons. The van der Waals surface area contributed by atoms with Crippen molar-refractivity contribution < 1.29 is 9.85 Å². The lowest BCUT2D eigenvalue weighted by atomic mass is 10.2. The van der Waals surface area contributed by atoms with Gasteiger partial charge in [-0.25, -0.2) is 0 Å². The summed E-state index contributed by atoms with van der Waals surface area (Å²) < 4.78 is 0. The molecule has 0 amide bonds. The maximum atomic E-state index is 11.1. The summed E-state index contributed by atoms with van der Waals surface area (Å²) in [5, 5.41) is 30.2. The van der Waals surface area contributed by atoms with E-state index in [-0.39, 0.29) is 5.69 Å². The average Bonchev–Trinajstić information content (AvgIpc) is 3.35. The zero-order valence-electron chi connectivity index (χ0n) is 13.6. The van der Waals surface area contributed by atoms with Gasteiger partial charge in [-0.3, -0.25) is 25.7 Å². The molecule has 2 heterocycles. The summed E-state index contributed by atoms with van der Waals surface area (Å²) in [4.78, 5) is 22.4. The van der Waals surface area contributed by atoms with Gasteiger partial charge >= 0.3 is 11.4 Å². The number of hydrogen-bond donors (Lipinski definition) is 1. The molecule has 3 aromatic rings. The van der Waals surface area contributed by atoms with Gasteiger partial charge < -0.3 is 0 Å². The number of nitro benzene ring substituents is 2. The molecule has 27 heavy (non-hydrogen) atoms. The van der Waals surface area contributed by atoms with E-state index in [0.29, 0.717) is 5.71 Å². The molecule has 1 aromatic carbocycles. The van der Waals surface area contributed by atoms with Crippen LogP contribution < -0.4 is 5.43 Å². The zero-order chi connectivity index (χ0) is 19.2. The number of anilines is 1. The molecule has 0 unspecified atom stereocenters. The summed E-state index contributed by atoms with van der Waals surface area (Å²) in [5.41, 5.74) is 2.51. The smallest absolute Gasteiger partial charge is 0.278 e. The Bertz CT molecular complexity index is 1010. The van der Waals surface area contributed by atoms with Crippen molar-refractivity contribution in [2.75, 3.05) is 5.43 Å². The Labute approximate surface area is 161 Å². The number of nitro groups is 2. The van der Waals surface area contributed by atoms with E-state index in [2.05, 4.69) is 10.5 Å². The molecule has 0 atom stereocenters. The molecular weight excluding hydrogens is 388 g/mol. The van der Waals surface area contributed by atoms with Gasteiger partial charge in [0.05, 0.1) is 20.4 Å². The Kier molecular flexibility index (Phi) is 5.69. The van der Waals surface area contributed by atoms with Crippen LogP contribution >= 0.6 is 22.7 Å². The van der Waals surface area contributed by atoms with E-state index in [0.717, 1.165) is 21.9 Å². The first-order chi connectivity index (χ1) is 13.0. The van der Waals surface area contributed by atoms with Crippen LogP contribution in [0.15, 0.2) is 64.4 Å². The quantitative estimate of drug-likeness (QED) is 0.335. The third-order valence-corrected chi connectivity index (χ3v) is 5.13. The van der Waals surface area contributed by atoms with Crippen molar-refractivity contribution in [1.29, 1.82) is 0 Å². The van der Waals surface area contributed by atoms with Crippen LogP contribution in [0, 0.1) is 20.2 Å². The molecule has 0 aliphatic rings. The van der Waals surface area contributed by atoms with Gasteiger partial charge in [0.25, 0.3) is 0 Å². The number of nitrogens with one attached hydrogen (secondary N) is 1. The molecule has 0 spiro atoms. The SMILES string of the molecule is O=[N+]([O-])c1ccc(NN=C(C=Cc2cccs2)c2cccs2)cc1[N+](=O)[O-]. The fraction of sp³-hybridized carbons (Fsp3) is 0. The van der Waals surface area contributed by atoms with Crippen molar-refractivity contribution in [1.82, 2.24) is 0 Å². The summed E-state index contributed by atoms with van der Waals surface area (Å²) in [5.74, 6) is 0. The molecule has 0 aliphatic heterocycles. The Balaban J connectivity index is 1.89. The number of thiophene rings is 2. The van der Waals surface area contributed by atoms with E-state index in [1.54, 1.807) is 11.3 Å². The maximum absolute atomic E-state index is 11.1. The van der Waals surface area contributed by atoms with Gasteiger partial charge in [0.15, 0.2) is 0 Å². The summed E-state index contributed by atoms with van der Waals surface area (Å²) >= 11 is 3.09. The molecule has 3 rings (SSSR count). The number of hydrazone groups is 1. The van der Waals surface area contributed by atoms with Gasteiger partial charge in [0, 0.05) is 17.0 Å². The van der Waals surface area contributed by atoms with Gasteiger partial charge in [0.1, 0.15) is 5.71 Å². The van der Waals surface area contributed by atoms with Crippen LogP contribution in [0.4, 0.5) is 17.1 Å². The minimum atomic E-state index is -0.788. The molecular formula is C17H12N4O4S2. The highest BCUT2D eigenvalue weighted by Gasteiger charge is 2.24. The minimum absolute atomic E-state index is 0.283. The summed E-state index contributed by atoms with van der Waals surface area (Å²) in [6.07, 6.45) is 3.76. The molecule has 1 N–H and O–H groups in total. The van der Waals surface area contributed by atoms with Gasteiger partial charge in [-0.05, 0) is 41.1 Å². The highest BCUT2D eigenvalue weighted by Crippen LogP contribution is 2.29. The van der Waals surface area contributed by atoms with Gasteiger partial charge in [0.2, 0.25) is 0 Å². The number of nitrogens with zero attached hydrogens (tertiary/aromatic N) is 3. The Hall–Kier alpha value is -3.37. The number of allylic oxidation sites excluding steroid dienone is 1. The standard InChI is InChI=1S/C17H12N4O4S2/c22-20(23)15-8-5-12(11-16(15)21(24)25)18-19-14(17-4-2-10-27-17)7-6-13-3-1-9-26-13/h1-11,18H. The highest BCUT2D eigenvalue weighted by atomic mass is 32.1. The van der Waals surface area contributed by atoms with E-state index in [9.17, 15) is 20.2 Å². The first-order valence-electron chi connectivity index (χ1n) is 7.56. The van der Waals surface area contributed by atoms with E-state index < -0.39 is 21.2 Å². The first kappa shape index (κ1) is 18.4. The lowest BCUT2D eigenvalue weighted by Crippen LogP contribution is -2.01. The van der Waals surface area contributed by atoms with Gasteiger partial charge in [-0.2, -0.15) is 5.10 Å². The van der Waals surface area contributed by atoms with Crippen LogP contribution in [-0.2, 0) is 0 Å². The Morgan fingerprint density at radius 1 is 1.00 bits per heavy atom. The molecule has 0 fully saturated rings. The highest BCUT2D eigenvalue weighted by molar-refractivity contribution is 7.12. The summed E-state index contributed by atoms with van der Waals surface area (Å²) in [6.45, 7) is 0. The van der Waals surface area contributed by atoms with Crippen LogP contribution in [0.1, 0.15) is 9.75 Å². The third kappa shape index (κ3) is 4.63. The predicted molar refractivity (Wildman–Crippen MR) is 108 cm³/mol. The number of hydrogen-bond acceptors (Lipinski definition) is 8. The second kappa shape index (κ2) is 8.34. The van der Waals surface area contributed by atoms with Crippen molar-refractivity contribution in [3.05, 3.63) is 89.3 Å². The van der Waals surface area contributed by atoms with Gasteiger partial charge in [-0.1, -0.05) is 12.1 Å². The largest absolute Gasteiger partial charge is 0.348 e. The van der Waals surface area contributed by atoms with Crippen molar-refractivity contribution >= 4 is 51.5 Å². The van der Waals surface area contributed by atoms with E-state index in [4.69, 9.17) is 0 Å². The lowest BCUT2D eigenvalue weighted by Gasteiger charge is -2.03. The summed E-state index contributed by atoms with van der Waals surface area (Å²) in [7, 11) is 0. The second-order valence-electron chi connectivity index (χ2n) is 5.15. The minimum Gasteiger partial charge on any atom is -0.278 e. The average molecular weight is 400 g/mol. The van der Waals surface area contributed by atoms with Crippen LogP contribution in [-0.4, -0.2) is 15.6 Å². The molecule has 0 radical (unpaired) electrons. The first-order valence-corrected chi connectivity index (χ1v) is 9.32. The normalized spacial score (nSPS) is 11.6.